The van der Waals surface area contributed by atoms with E-state index in [0.717, 1.165) is 6.54 Å². The second-order valence-electron chi connectivity index (χ2n) is 3.71. The lowest BCUT2D eigenvalue weighted by molar-refractivity contribution is 0.795. The van der Waals surface area contributed by atoms with Crippen LogP contribution < -0.4 is 5.73 Å². The van der Waals surface area contributed by atoms with Crippen LogP contribution in [0.3, 0.4) is 0 Å². The topological polar surface area (TPSA) is 30.9 Å². The quantitative estimate of drug-likeness (QED) is 0.771. The smallest absolute Gasteiger partial charge is 0.0480 e. The third kappa shape index (κ3) is 1.42. The summed E-state index contributed by atoms with van der Waals surface area (Å²) < 4.78 is 2.24. The van der Waals surface area contributed by atoms with Crippen molar-refractivity contribution in [3.63, 3.8) is 0 Å². The van der Waals surface area contributed by atoms with E-state index >= 15 is 0 Å². The Labute approximate surface area is 84.3 Å². The normalized spacial score (nSPS) is 13.4. The molecule has 2 nitrogen and oxygen atoms in total. The summed E-state index contributed by atoms with van der Waals surface area (Å²) in [5.74, 6) is 0. The van der Waals surface area contributed by atoms with Crippen LogP contribution in [0.15, 0.2) is 30.5 Å². The summed E-state index contributed by atoms with van der Waals surface area (Å²) in [6, 6.07) is 8.69. The maximum Gasteiger partial charge on any atom is 0.0480 e. The van der Waals surface area contributed by atoms with Gasteiger partial charge in [0, 0.05) is 24.3 Å². The van der Waals surface area contributed by atoms with Crippen molar-refractivity contribution in [1.29, 1.82) is 0 Å². The number of nitrogens with zero attached hydrogens (tertiary/aromatic N) is 1. The molecule has 2 heteroatoms. The highest BCUT2D eigenvalue weighted by molar-refractivity contribution is 5.81. The molecule has 0 amide bonds. The molecule has 0 bridgehead atoms. The summed E-state index contributed by atoms with van der Waals surface area (Å²) in [5, 5.41) is 1.28. The van der Waals surface area contributed by atoms with Gasteiger partial charge in [-0.2, -0.15) is 0 Å². The van der Waals surface area contributed by atoms with Gasteiger partial charge in [-0.05, 0) is 43.0 Å². The Kier molecular flexibility index (Phi) is 2.30. The van der Waals surface area contributed by atoms with Gasteiger partial charge < -0.3 is 10.3 Å². The van der Waals surface area contributed by atoms with Crippen LogP contribution >= 0.6 is 0 Å². The molecule has 0 aliphatic heterocycles. The maximum atomic E-state index is 5.84. The molecule has 0 aliphatic rings. The number of nitrogens with two attached hydrogens (primary N) is 1. The Balaban J connectivity index is 2.57. The van der Waals surface area contributed by atoms with Crippen molar-refractivity contribution in [2.75, 3.05) is 0 Å². The van der Waals surface area contributed by atoms with Crippen molar-refractivity contribution in [1.82, 2.24) is 4.57 Å². The molecule has 0 saturated carbocycles. The van der Waals surface area contributed by atoms with Gasteiger partial charge in [-0.3, -0.25) is 0 Å². The second kappa shape index (κ2) is 3.46. The van der Waals surface area contributed by atoms with Crippen molar-refractivity contribution >= 4 is 10.9 Å². The van der Waals surface area contributed by atoms with Gasteiger partial charge >= 0.3 is 0 Å². The van der Waals surface area contributed by atoms with E-state index in [1.54, 1.807) is 0 Å². The molecule has 1 aromatic heterocycles. The number of rotatable bonds is 2. The SMILES string of the molecule is CCn1ccc2cc(C(C)N)ccc21. The van der Waals surface area contributed by atoms with Gasteiger partial charge in [0.05, 0.1) is 0 Å². The Morgan fingerprint density at radius 1 is 1.36 bits per heavy atom. The zero-order valence-corrected chi connectivity index (χ0v) is 8.70. The number of hydrogen-bond acceptors (Lipinski definition) is 1. The van der Waals surface area contributed by atoms with Crippen molar-refractivity contribution in [2.24, 2.45) is 5.73 Å². The first kappa shape index (κ1) is 9.28. The van der Waals surface area contributed by atoms with Gasteiger partial charge in [0.15, 0.2) is 0 Å². The molecule has 0 aliphatic carbocycles. The highest BCUT2D eigenvalue weighted by atomic mass is 14.9. The monoisotopic (exact) mass is 188 g/mol. The Bertz CT molecular complexity index is 441. The Morgan fingerprint density at radius 3 is 2.79 bits per heavy atom. The zero-order chi connectivity index (χ0) is 10.1. The van der Waals surface area contributed by atoms with Crippen molar-refractivity contribution in [2.45, 2.75) is 26.4 Å². The largest absolute Gasteiger partial charge is 0.348 e. The molecule has 2 rings (SSSR count). The van der Waals surface area contributed by atoms with Gasteiger partial charge in [-0.1, -0.05) is 6.07 Å². The van der Waals surface area contributed by atoms with Crippen LogP contribution in [0.4, 0.5) is 0 Å². The molecule has 0 fully saturated rings. The number of aryl methyl sites for hydroxylation is 1. The third-order valence-corrected chi connectivity index (χ3v) is 2.66. The van der Waals surface area contributed by atoms with Gasteiger partial charge in [0.25, 0.3) is 0 Å². The molecular formula is C12H16N2. The Morgan fingerprint density at radius 2 is 2.14 bits per heavy atom. The van der Waals surface area contributed by atoms with Crippen molar-refractivity contribution < 1.29 is 0 Å². The van der Waals surface area contributed by atoms with Crippen LogP contribution in [0.1, 0.15) is 25.5 Å². The van der Waals surface area contributed by atoms with E-state index in [9.17, 15) is 0 Å². The summed E-state index contributed by atoms with van der Waals surface area (Å²) in [4.78, 5) is 0. The minimum Gasteiger partial charge on any atom is -0.348 e. The number of hydrogen-bond donors (Lipinski definition) is 1. The van der Waals surface area contributed by atoms with E-state index in [-0.39, 0.29) is 6.04 Å². The molecule has 1 heterocycles. The molecule has 0 saturated heterocycles. The lowest BCUT2D eigenvalue weighted by Gasteiger charge is -2.06. The first-order chi connectivity index (χ1) is 6.72. The molecule has 2 aromatic rings. The van der Waals surface area contributed by atoms with E-state index in [2.05, 4.69) is 42.0 Å². The van der Waals surface area contributed by atoms with Gasteiger partial charge in [0.1, 0.15) is 0 Å². The van der Waals surface area contributed by atoms with Crippen LogP contribution in [0, 0.1) is 0 Å². The maximum absolute atomic E-state index is 5.84. The molecule has 0 spiro atoms. The summed E-state index contributed by atoms with van der Waals surface area (Å²) in [6.07, 6.45) is 2.12. The van der Waals surface area contributed by atoms with Crippen molar-refractivity contribution in [3.8, 4) is 0 Å². The fourth-order valence-corrected chi connectivity index (χ4v) is 1.78. The lowest BCUT2D eigenvalue weighted by atomic mass is 10.1. The van der Waals surface area contributed by atoms with Crippen LogP contribution in [0.25, 0.3) is 10.9 Å². The van der Waals surface area contributed by atoms with E-state index in [1.165, 1.54) is 16.5 Å². The molecule has 1 aromatic carbocycles. The van der Waals surface area contributed by atoms with E-state index in [4.69, 9.17) is 5.73 Å². The third-order valence-electron chi connectivity index (χ3n) is 2.66. The average Bonchev–Trinajstić information content (AvgIpc) is 2.59. The standard InChI is InChI=1S/C12H16N2/c1-3-14-7-6-11-8-10(9(2)13)4-5-12(11)14/h4-9H,3,13H2,1-2H3. The number of benzene rings is 1. The van der Waals surface area contributed by atoms with Gasteiger partial charge in [-0.25, -0.2) is 0 Å². The predicted molar refractivity (Wildman–Crippen MR) is 60.2 cm³/mol. The van der Waals surface area contributed by atoms with Crippen LogP contribution in [0.5, 0.6) is 0 Å². The van der Waals surface area contributed by atoms with E-state index < -0.39 is 0 Å². The highest BCUT2D eigenvalue weighted by Gasteiger charge is 2.03. The molecule has 2 N–H and O–H groups in total. The summed E-state index contributed by atoms with van der Waals surface area (Å²) in [6.45, 7) is 5.18. The van der Waals surface area contributed by atoms with E-state index in [1.807, 2.05) is 6.92 Å². The average molecular weight is 188 g/mol. The predicted octanol–water partition coefficient (Wildman–Crippen LogP) is 2.68. The van der Waals surface area contributed by atoms with Crippen molar-refractivity contribution in [3.05, 3.63) is 36.0 Å². The number of aromatic nitrogens is 1. The molecule has 14 heavy (non-hydrogen) atoms. The highest BCUT2D eigenvalue weighted by Crippen LogP contribution is 2.20. The van der Waals surface area contributed by atoms with Crippen LogP contribution in [0.2, 0.25) is 0 Å². The molecule has 74 valence electrons. The summed E-state index contributed by atoms with van der Waals surface area (Å²) in [5.41, 5.74) is 8.33. The zero-order valence-electron chi connectivity index (χ0n) is 8.70. The summed E-state index contributed by atoms with van der Waals surface area (Å²) in [7, 11) is 0. The Hall–Kier alpha value is -1.28. The fourth-order valence-electron chi connectivity index (χ4n) is 1.78. The van der Waals surface area contributed by atoms with Crippen LogP contribution in [-0.2, 0) is 6.54 Å². The fraction of sp³-hybridized carbons (Fsp3) is 0.333. The number of fused-ring (bicyclic) bond motifs is 1. The van der Waals surface area contributed by atoms with Gasteiger partial charge in [0.2, 0.25) is 0 Å². The minimum absolute atomic E-state index is 0.115. The molecule has 1 atom stereocenters. The molecular weight excluding hydrogens is 172 g/mol. The summed E-state index contributed by atoms with van der Waals surface area (Å²) >= 11 is 0. The lowest BCUT2D eigenvalue weighted by Crippen LogP contribution is -2.04. The van der Waals surface area contributed by atoms with Gasteiger partial charge in [-0.15, -0.1) is 0 Å². The second-order valence-corrected chi connectivity index (χ2v) is 3.71. The first-order valence-corrected chi connectivity index (χ1v) is 5.06. The van der Waals surface area contributed by atoms with Crippen LogP contribution in [-0.4, -0.2) is 4.57 Å². The van der Waals surface area contributed by atoms with E-state index in [0.29, 0.717) is 0 Å². The molecule has 0 radical (unpaired) electrons. The molecule has 1 unspecified atom stereocenters. The minimum atomic E-state index is 0.115. The first-order valence-electron chi connectivity index (χ1n) is 5.06.